The smallest absolute Gasteiger partial charge is 0.261 e. The van der Waals surface area contributed by atoms with Crippen LogP contribution in [0, 0.1) is 13.8 Å². The lowest BCUT2D eigenvalue weighted by atomic mass is 10.1. The minimum absolute atomic E-state index is 0.175. The van der Waals surface area contributed by atoms with Gasteiger partial charge in [-0.05, 0) is 67.6 Å². The van der Waals surface area contributed by atoms with Crippen LogP contribution in [0.2, 0.25) is 10.0 Å². The van der Waals surface area contributed by atoms with Crippen LogP contribution in [-0.4, -0.2) is 35.9 Å². The van der Waals surface area contributed by atoms with E-state index in [4.69, 9.17) is 27.9 Å². The molecule has 0 spiro atoms. The third-order valence-corrected chi connectivity index (χ3v) is 5.72. The largest absolute Gasteiger partial charge is 0.484 e. The Hall–Kier alpha value is -2.24. The second-order valence-corrected chi connectivity index (χ2v) is 8.35. The molecule has 0 heterocycles. The van der Waals surface area contributed by atoms with Gasteiger partial charge >= 0.3 is 0 Å². The van der Waals surface area contributed by atoms with Crippen LogP contribution in [0.5, 0.6) is 5.75 Å². The first-order valence-electron chi connectivity index (χ1n) is 10.5. The second kappa shape index (κ2) is 12.0. The molecule has 1 unspecified atom stereocenters. The van der Waals surface area contributed by atoms with Gasteiger partial charge in [0.1, 0.15) is 11.8 Å². The number of amides is 2. The molecular weight excluding hydrogens is 435 g/mol. The molecule has 0 aliphatic carbocycles. The van der Waals surface area contributed by atoms with Gasteiger partial charge in [0.15, 0.2) is 6.61 Å². The van der Waals surface area contributed by atoms with Gasteiger partial charge in [0.05, 0.1) is 0 Å². The maximum absolute atomic E-state index is 13.2. The Kier molecular flexibility index (Phi) is 9.66. The number of carbonyl (C=O) groups is 2. The van der Waals surface area contributed by atoms with Crippen LogP contribution in [0.3, 0.4) is 0 Å². The fourth-order valence-corrected chi connectivity index (χ4v) is 3.62. The number of hydrogen-bond donors (Lipinski definition) is 1. The van der Waals surface area contributed by atoms with Gasteiger partial charge in [-0.1, -0.05) is 49.2 Å². The number of ether oxygens (including phenoxy) is 1. The van der Waals surface area contributed by atoms with E-state index < -0.39 is 6.04 Å². The van der Waals surface area contributed by atoms with Gasteiger partial charge in [0.25, 0.3) is 5.91 Å². The first-order valence-corrected chi connectivity index (χ1v) is 11.2. The van der Waals surface area contributed by atoms with Crippen LogP contribution in [0.4, 0.5) is 0 Å². The van der Waals surface area contributed by atoms with E-state index in [1.54, 1.807) is 18.2 Å². The Morgan fingerprint density at radius 3 is 2.42 bits per heavy atom. The number of nitrogens with one attached hydrogen (secondary N) is 1. The zero-order valence-corrected chi connectivity index (χ0v) is 20.0. The molecule has 2 aromatic carbocycles. The molecule has 1 atom stereocenters. The van der Waals surface area contributed by atoms with Crippen molar-refractivity contribution >= 4 is 35.0 Å². The molecule has 0 aromatic heterocycles. The summed E-state index contributed by atoms with van der Waals surface area (Å²) < 4.78 is 5.75. The molecule has 0 bridgehead atoms. The quantitative estimate of drug-likeness (QED) is 0.517. The highest BCUT2D eigenvalue weighted by atomic mass is 35.5. The summed E-state index contributed by atoms with van der Waals surface area (Å²) >= 11 is 12.3. The Morgan fingerprint density at radius 2 is 1.81 bits per heavy atom. The molecule has 0 saturated carbocycles. The normalized spacial score (nSPS) is 11.7. The minimum Gasteiger partial charge on any atom is -0.484 e. The summed E-state index contributed by atoms with van der Waals surface area (Å²) in [6.45, 7) is 8.43. The lowest BCUT2D eigenvalue weighted by molar-refractivity contribution is -0.143. The van der Waals surface area contributed by atoms with Gasteiger partial charge in [-0.25, -0.2) is 0 Å². The molecule has 5 nitrogen and oxygen atoms in total. The van der Waals surface area contributed by atoms with Gasteiger partial charge in [-0.2, -0.15) is 0 Å². The van der Waals surface area contributed by atoms with E-state index in [0.29, 0.717) is 34.3 Å². The SMILES string of the molecule is CCCNC(=O)C(CC)N(Cc1ccc(Cl)cc1Cl)C(=O)COc1ccc(C)c(C)c1. The predicted octanol–water partition coefficient (Wildman–Crippen LogP) is 5.32. The maximum atomic E-state index is 13.2. The molecule has 0 aliphatic rings. The van der Waals surface area contributed by atoms with Crippen LogP contribution in [0.25, 0.3) is 0 Å². The molecule has 168 valence electrons. The maximum Gasteiger partial charge on any atom is 0.261 e. The first kappa shape index (κ1) is 25.0. The molecule has 0 radical (unpaired) electrons. The lowest BCUT2D eigenvalue weighted by Gasteiger charge is -2.31. The van der Waals surface area contributed by atoms with Gasteiger partial charge in [-0.3, -0.25) is 9.59 Å². The van der Waals surface area contributed by atoms with Crippen molar-refractivity contribution in [1.82, 2.24) is 10.2 Å². The molecule has 2 amide bonds. The van der Waals surface area contributed by atoms with Crippen molar-refractivity contribution in [2.24, 2.45) is 0 Å². The van der Waals surface area contributed by atoms with E-state index in [2.05, 4.69) is 5.32 Å². The number of benzene rings is 2. The summed E-state index contributed by atoms with van der Waals surface area (Å²) in [5, 5.41) is 3.85. The molecule has 0 saturated heterocycles. The van der Waals surface area contributed by atoms with E-state index in [-0.39, 0.29) is 25.0 Å². The van der Waals surface area contributed by atoms with Gasteiger partial charge in [-0.15, -0.1) is 0 Å². The van der Waals surface area contributed by atoms with Gasteiger partial charge < -0.3 is 15.0 Å². The molecule has 0 aliphatic heterocycles. The van der Waals surface area contributed by atoms with Crippen molar-refractivity contribution in [3.8, 4) is 5.75 Å². The monoisotopic (exact) mass is 464 g/mol. The zero-order chi connectivity index (χ0) is 23.0. The fourth-order valence-electron chi connectivity index (χ4n) is 3.15. The van der Waals surface area contributed by atoms with Gasteiger partial charge in [0.2, 0.25) is 5.91 Å². The fraction of sp³-hybridized carbons (Fsp3) is 0.417. The lowest BCUT2D eigenvalue weighted by Crippen LogP contribution is -2.50. The minimum atomic E-state index is -0.630. The molecule has 31 heavy (non-hydrogen) atoms. The number of nitrogens with zero attached hydrogens (tertiary/aromatic N) is 1. The first-order chi connectivity index (χ1) is 14.8. The summed E-state index contributed by atoms with van der Waals surface area (Å²) in [6, 6.07) is 10.2. The van der Waals surface area contributed by atoms with E-state index in [0.717, 1.165) is 17.5 Å². The number of hydrogen-bond acceptors (Lipinski definition) is 3. The summed E-state index contributed by atoms with van der Waals surface area (Å²) in [6.07, 6.45) is 1.28. The van der Waals surface area contributed by atoms with Crippen molar-refractivity contribution in [1.29, 1.82) is 0 Å². The third kappa shape index (κ3) is 7.15. The highest BCUT2D eigenvalue weighted by molar-refractivity contribution is 6.35. The number of rotatable bonds is 10. The summed E-state index contributed by atoms with van der Waals surface area (Å²) in [7, 11) is 0. The van der Waals surface area contributed by atoms with E-state index in [1.807, 2.05) is 45.9 Å². The molecular formula is C24H30Cl2N2O3. The van der Waals surface area contributed by atoms with Crippen LogP contribution in [0.1, 0.15) is 43.4 Å². The van der Waals surface area contributed by atoms with Crippen molar-refractivity contribution < 1.29 is 14.3 Å². The number of carbonyl (C=O) groups excluding carboxylic acids is 2. The van der Waals surface area contributed by atoms with E-state index >= 15 is 0 Å². The average Bonchev–Trinajstić information content (AvgIpc) is 2.74. The zero-order valence-electron chi connectivity index (χ0n) is 18.5. The highest BCUT2D eigenvalue weighted by Crippen LogP contribution is 2.24. The molecule has 7 heteroatoms. The Morgan fingerprint density at radius 1 is 1.06 bits per heavy atom. The van der Waals surface area contributed by atoms with Crippen molar-refractivity contribution in [3.05, 3.63) is 63.1 Å². The summed E-state index contributed by atoms with van der Waals surface area (Å²) in [5.74, 6) is 0.140. The molecule has 0 fully saturated rings. The van der Waals surface area contributed by atoms with Crippen molar-refractivity contribution in [2.75, 3.05) is 13.2 Å². The summed E-state index contributed by atoms with van der Waals surface area (Å²) in [4.78, 5) is 27.5. The predicted molar refractivity (Wildman–Crippen MR) is 126 cm³/mol. The molecule has 1 N–H and O–H groups in total. The number of aryl methyl sites for hydroxylation is 2. The molecule has 2 rings (SSSR count). The van der Waals surface area contributed by atoms with Crippen LogP contribution >= 0.6 is 23.2 Å². The second-order valence-electron chi connectivity index (χ2n) is 7.51. The van der Waals surface area contributed by atoms with Crippen molar-refractivity contribution in [3.63, 3.8) is 0 Å². The van der Waals surface area contributed by atoms with Gasteiger partial charge in [0, 0.05) is 23.1 Å². The Labute approximate surface area is 194 Å². The number of halogens is 2. The highest BCUT2D eigenvalue weighted by Gasteiger charge is 2.29. The van der Waals surface area contributed by atoms with Crippen LogP contribution < -0.4 is 10.1 Å². The van der Waals surface area contributed by atoms with Crippen LogP contribution in [0.15, 0.2) is 36.4 Å². The van der Waals surface area contributed by atoms with E-state index in [1.165, 1.54) is 4.90 Å². The Bertz CT molecular complexity index is 918. The third-order valence-electron chi connectivity index (χ3n) is 5.13. The topological polar surface area (TPSA) is 58.6 Å². The van der Waals surface area contributed by atoms with E-state index in [9.17, 15) is 9.59 Å². The Balaban J connectivity index is 2.24. The summed E-state index contributed by atoms with van der Waals surface area (Å²) in [5.41, 5.74) is 2.95. The van der Waals surface area contributed by atoms with Crippen molar-refractivity contribution in [2.45, 2.75) is 53.1 Å². The van der Waals surface area contributed by atoms with Crippen LogP contribution in [-0.2, 0) is 16.1 Å². The molecule has 2 aromatic rings. The average molecular weight is 465 g/mol. The standard InChI is InChI=1S/C24H30Cl2N2O3/c1-5-11-27-24(30)22(6-2)28(14-18-8-9-19(25)13-21(18)26)23(29)15-31-20-10-7-16(3)17(4)12-20/h7-10,12-13,22H,5-6,11,14-15H2,1-4H3,(H,27,30).